The standard InChI is InChI=1S/C18H16O3/c1-11-16(10-12-6-8-13(19)9-7-12)18(21)15-5-3-2-4-14(15)17(11)20/h2-9,19-21H,10H2,1H3. The quantitative estimate of drug-likeness (QED) is 0.625. The van der Waals surface area contributed by atoms with Crippen LogP contribution in [0.5, 0.6) is 17.2 Å². The molecule has 0 unspecified atom stereocenters. The van der Waals surface area contributed by atoms with Crippen molar-refractivity contribution in [3.8, 4) is 17.2 Å². The molecule has 21 heavy (non-hydrogen) atoms. The Morgan fingerprint density at radius 3 is 1.95 bits per heavy atom. The molecule has 0 saturated carbocycles. The average molecular weight is 280 g/mol. The van der Waals surface area contributed by atoms with Crippen molar-refractivity contribution in [2.45, 2.75) is 13.3 Å². The second-order valence-electron chi connectivity index (χ2n) is 5.19. The summed E-state index contributed by atoms with van der Waals surface area (Å²) >= 11 is 0. The highest BCUT2D eigenvalue weighted by molar-refractivity contribution is 5.95. The van der Waals surface area contributed by atoms with E-state index in [1.807, 2.05) is 12.1 Å². The zero-order valence-electron chi connectivity index (χ0n) is 11.7. The van der Waals surface area contributed by atoms with Crippen LogP contribution in [0.3, 0.4) is 0 Å². The van der Waals surface area contributed by atoms with E-state index in [1.54, 1.807) is 43.3 Å². The van der Waals surface area contributed by atoms with Gasteiger partial charge in [0, 0.05) is 22.8 Å². The van der Waals surface area contributed by atoms with Crippen molar-refractivity contribution < 1.29 is 15.3 Å². The van der Waals surface area contributed by atoms with Crippen molar-refractivity contribution in [1.82, 2.24) is 0 Å². The van der Waals surface area contributed by atoms with Crippen molar-refractivity contribution in [3.63, 3.8) is 0 Å². The molecule has 0 fully saturated rings. The fourth-order valence-electron chi connectivity index (χ4n) is 2.62. The van der Waals surface area contributed by atoms with Gasteiger partial charge in [0.15, 0.2) is 0 Å². The predicted octanol–water partition coefficient (Wildman–Crippen LogP) is 3.86. The van der Waals surface area contributed by atoms with Crippen LogP contribution >= 0.6 is 0 Å². The summed E-state index contributed by atoms with van der Waals surface area (Å²) in [5, 5.41) is 31.5. The fraction of sp³-hybridized carbons (Fsp3) is 0.111. The third kappa shape index (κ3) is 2.27. The van der Waals surface area contributed by atoms with Crippen LogP contribution in [-0.4, -0.2) is 15.3 Å². The second-order valence-corrected chi connectivity index (χ2v) is 5.19. The summed E-state index contributed by atoms with van der Waals surface area (Å²) in [6, 6.07) is 14.1. The summed E-state index contributed by atoms with van der Waals surface area (Å²) < 4.78 is 0. The summed E-state index contributed by atoms with van der Waals surface area (Å²) in [5.41, 5.74) is 2.34. The molecule has 0 aromatic heterocycles. The number of phenolic OH excluding ortho intramolecular Hbond substituents is 3. The van der Waals surface area contributed by atoms with E-state index >= 15 is 0 Å². The molecule has 0 aliphatic heterocycles. The van der Waals surface area contributed by atoms with Gasteiger partial charge in [-0.1, -0.05) is 36.4 Å². The maximum atomic E-state index is 10.5. The SMILES string of the molecule is Cc1c(Cc2ccc(O)cc2)c(O)c2ccccc2c1O. The molecular weight excluding hydrogens is 264 g/mol. The van der Waals surface area contributed by atoms with E-state index in [1.165, 1.54) is 0 Å². The van der Waals surface area contributed by atoms with Crippen LogP contribution in [0, 0.1) is 6.92 Å². The second kappa shape index (κ2) is 5.02. The molecule has 3 nitrogen and oxygen atoms in total. The van der Waals surface area contributed by atoms with Crippen LogP contribution < -0.4 is 0 Å². The third-order valence-electron chi connectivity index (χ3n) is 3.85. The average Bonchev–Trinajstić information content (AvgIpc) is 2.51. The van der Waals surface area contributed by atoms with Gasteiger partial charge in [0.25, 0.3) is 0 Å². The first kappa shape index (κ1) is 13.3. The first-order valence-electron chi connectivity index (χ1n) is 6.78. The Labute approximate surface area is 122 Å². The topological polar surface area (TPSA) is 60.7 Å². The van der Waals surface area contributed by atoms with E-state index in [4.69, 9.17) is 0 Å². The number of aromatic hydroxyl groups is 3. The number of phenols is 3. The number of rotatable bonds is 2. The first-order chi connectivity index (χ1) is 10.1. The van der Waals surface area contributed by atoms with Crippen molar-refractivity contribution in [1.29, 1.82) is 0 Å². The molecule has 0 heterocycles. The van der Waals surface area contributed by atoms with Gasteiger partial charge in [0.05, 0.1) is 0 Å². The van der Waals surface area contributed by atoms with Crippen LogP contribution in [0.15, 0.2) is 48.5 Å². The van der Waals surface area contributed by atoms with Crippen molar-refractivity contribution in [2.75, 3.05) is 0 Å². The molecule has 0 atom stereocenters. The van der Waals surface area contributed by atoms with Gasteiger partial charge in [-0.05, 0) is 30.2 Å². The fourth-order valence-corrected chi connectivity index (χ4v) is 2.62. The van der Waals surface area contributed by atoms with Crippen LogP contribution in [0.2, 0.25) is 0 Å². The van der Waals surface area contributed by atoms with Crippen molar-refractivity contribution >= 4 is 10.8 Å². The molecule has 0 amide bonds. The highest BCUT2D eigenvalue weighted by atomic mass is 16.3. The number of hydrogen-bond donors (Lipinski definition) is 3. The van der Waals surface area contributed by atoms with E-state index in [-0.39, 0.29) is 17.2 Å². The van der Waals surface area contributed by atoms with Crippen LogP contribution in [-0.2, 0) is 6.42 Å². The Hall–Kier alpha value is -2.68. The third-order valence-corrected chi connectivity index (χ3v) is 3.85. The Kier molecular flexibility index (Phi) is 3.18. The molecule has 0 aliphatic rings. The van der Waals surface area contributed by atoms with Crippen LogP contribution in [0.1, 0.15) is 16.7 Å². The summed E-state index contributed by atoms with van der Waals surface area (Å²) in [4.78, 5) is 0. The Morgan fingerprint density at radius 2 is 1.33 bits per heavy atom. The molecule has 0 radical (unpaired) electrons. The lowest BCUT2D eigenvalue weighted by Gasteiger charge is -2.14. The zero-order valence-corrected chi connectivity index (χ0v) is 11.7. The maximum absolute atomic E-state index is 10.5. The molecule has 3 aromatic carbocycles. The van der Waals surface area contributed by atoms with E-state index in [9.17, 15) is 15.3 Å². The largest absolute Gasteiger partial charge is 0.508 e. The van der Waals surface area contributed by atoms with Gasteiger partial charge in [0.2, 0.25) is 0 Å². The predicted molar refractivity (Wildman–Crippen MR) is 82.9 cm³/mol. The molecule has 0 spiro atoms. The molecule has 0 saturated heterocycles. The Balaban J connectivity index is 2.16. The Morgan fingerprint density at radius 1 is 0.762 bits per heavy atom. The summed E-state index contributed by atoms with van der Waals surface area (Å²) in [6.07, 6.45) is 0.496. The van der Waals surface area contributed by atoms with Crippen LogP contribution in [0.4, 0.5) is 0 Å². The molecule has 3 N–H and O–H groups in total. The number of fused-ring (bicyclic) bond motifs is 1. The minimum absolute atomic E-state index is 0.203. The zero-order chi connectivity index (χ0) is 15.0. The van der Waals surface area contributed by atoms with E-state index in [2.05, 4.69) is 0 Å². The van der Waals surface area contributed by atoms with E-state index in [0.717, 1.165) is 5.56 Å². The summed E-state index contributed by atoms with van der Waals surface area (Å²) in [5.74, 6) is 0.618. The molecule has 3 heteroatoms. The van der Waals surface area contributed by atoms with Gasteiger partial charge in [-0.25, -0.2) is 0 Å². The minimum atomic E-state index is 0.203. The smallest absolute Gasteiger partial charge is 0.127 e. The maximum Gasteiger partial charge on any atom is 0.127 e. The van der Waals surface area contributed by atoms with Gasteiger partial charge < -0.3 is 15.3 Å². The highest BCUT2D eigenvalue weighted by Gasteiger charge is 2.15. The minimum Gasteiger partial charge on any atom is -0.508 e. The molecule has 3 rings (SSSR count). The molecule has 0 aliphatic carbocycles. The Bertz CT molecular complexity index is 805. The van der Waals surface area contributed by atoms with E-state index in [0.29, 0.717) is 28.3 Å². The first-order valence-corrected chi connectivity index (χ1v) is 6.78. The van der Waals surface area contributed by atoms with Gasteiger partial charge in [-0.3, -0.25) is 0 Å². The highest BCUT2D eigenvalue weighted by Crippen LogP contribution is 2.39. The molecule has 106 valence electrons. The van der Waals surface area contributed by atoms with E-state index < -0.39 is 0 Å². The molecular formula is C18H16O3. The lowest BCUT2D eigenvalue weighted by molar-refractivity contribution is 0.461. The van der Waals surface area contributed by atoms with Gasteiger partial charge in [-0.15, -0.1) is 0 Å². The molecule has 0 bridgehead atoms. The lowest BCUT2D eigenvalue weighted by atomic mass is 9.94. The number of hydrogen-bond acceptors (Lipinski definition) is 3. The van der Waals surface area contributed by atoms with Gasteiger partial charge >= 0.3 is 0 Å². The van der Waals surface area contributed by atoms with Gasteiger partial charge in [0.1, 0.15) is 17.2 Å². The monoisotopic (exact) mass is 280 g/mol. The van der Waals surface area contributed by atoms with Crippen molar-refractivity contribution in [2.24, 2.45) is 0 Å². The number of benzene rings is 3. The molecule has 3 aromatic rings. The lowest BCUT2D eigenvalue weighted by Crippen LogP contribution is -1.95. The van der Waals surface area contributed by atoms with Gasteiger partial charge in [-0.2, -0.15) is 0 Å². The summed E-state index contributed by atoms with van der Waals surface area (Å²) in [6.45, 7) is 1.80. The van der Waals surface area contributed by atoms with Crippen molar-refractivity contribution in [3.05, 3.63) is 65.2 Å². The van der Waals surface area contributed by atoms with Crippen LogP contribution in [0.25, 0.3) is 10.8 Å². The normalized spacial score (nSPS) is 10.9. The summed E-state index contributed by atoms with van der Waals surface area (Å²) in [7, 11) is 0.